The number of benzene rings is 1. The van der Waals surface area contributed by atoms with Crippen molar-refractivity contribution >= 4 is 10.9 Å². The summed E-state index contributed by atoms with van der Waals surface area (Å²) in [7, 11) is 0. The Morgan fingerprint density at radius 1 is 1.14 bits per heavy atom. The highest BCUT2D eigenvalue weighted by Gasteiger charge is 1.98. The van der Waals surface area contributed by atoms with E-state index in [-0.39, 0.29) is 5.82 Å². The number of halogens is 1. The zero-order chi connectivity index (χ0) is 10.6. The van der Waals surface area contributed by atoms with Crippen LogP contribution in [0.3, 0.4) is 0 Å². The van der Waals surface area contributed by atoms with Gasteiger partial charge in [0.05, 0.1) is 5.52 Å². The van der Waals surface area contributed by atoms with Gasteiger partial charge < -0.3 is 0 Å². The van der Waals surface area contributed by atoms with Crippen LogP contribution in [0.4, 0.5) is 4.39 Å². The maximum Gasteiger partial charge on any atom is 0.123 e. The highest BCUT2D eigenvalue weighted by Crippen LogP contribution is 2.16. The fourth-order valence-electron chi connectivity index (χ4n) is 1.26. The van der Waals surface area contributed by atoms with Crippen LogP contribution in [0.1, 0.15) is 19.4 Å². The van der Waals surface area contributed by atoms with Gasteiger partial charge in [0.2, 0.25) is 0 Å². The van der Waals surface area contributed by atoms with E-state index >= 15 is 0 Å². The number of hydrogen-bond acceptors (Lipinski definition) is 1. The van der Waals surface area contributed by atoms with Crippen LogP contribution >= 0.6 is 0 Å². The molecular weight excluding hydrogens is 177 g/mol. The summed E-state index contributed by atoms with van der Waals surface area (Å²) in [4.78, 5) is 4.12. The van der Waals surface area contributed by atoms with Gasteiger partial charge >= 0.3 is 0 Å². The number of aryl methyl sites for hydroxylation is 1. The van der Waals surface area contributed by atoms with Crippen LogP contribution in [0.25, 0.3) is 10.9 Å². The van der Waals surface area contributed by atoms with Gasteiger partial charge in [-0.15, -0.1) is 0 Å². The van der Waals surface area contributed by atoms with E-state index in [1.165, 1.54) is 12.1 Å². The minimum atomic E-state index is -0.210. The first-order chi connectivity index (χ1) is 6.77. The molecule has 0 aliphatic heterocycles. The van der Waals surface area contributed by atoms with Crippen molar-refractivity contribution in [3.8, 4) is 0 Å². The van der Waals surface area contributed by atoms with Crippen LogP contribution in [0.2, 0.25) is 0 Å². The molecule has 0 radical (unpaired) electrons. The van der Waals surface area contributed by atoms with E-state index in [0.717, 1.165) is 16.5 Å². The summed E-state index contributed by atoms with van der Waals surface area (Å²) in [6, 6.07) is 6.51. The van der Waals surface area contributed by atoms with Crippen LogP contribution in [0.5, 0.6) is 0 Å². The van der Waals surface area contributed by atoms with E-state index in [9.17, 15) is 4.39 Å². The van der Waals surface area contributed by atoms with Gasteiger partial charge in [0.25, 0.3) is 0 Å². The predicted octanol–water partition coefficient (Wildman–Crippen LogP) is 3.71. The van der Waals surface area contributed by atoms with Crippen LogP contribution in [-0.2, 0) is 0 Å². The molecule has 0 unspecified atom stereocenters. The second kappa shape index (κ2) is 4.70. The number of nitrogens with zero attached hydrogens (tertiary/aromatic N) is 1. The SMILES string of the molecule is CC.Cc1ccnc2ccc(F)cc12. The van der Waals surface area contributed by atoms with Crippen molar-refractivity contribution in [2.45, 2.75) is 20.8 Å². The monoisotopic (exact) mass is 191 g/mol. The van der Waals surface area contributed by atoms with Gasteiger partial charge in [0, 0.05) is 11.6 Å². The first kappa shape index (κ1) is 10.6. The van der Waals surface area contributed by atoms with Crippen molar-refractivity contribution in [2.75, 3.05) is 0 Å². The van der Waals surface area contributed by atoms with Crippen LogP contribution in [0, 0.1) is 12.7 Å². The molecule has 0 saturated heterocycles. The molecular formula is C12H14FN. The number of hydrogen-bond donors (Lipinski definition) is 0. The van der Waals surface area contributed by atoms with Crippen LogP contribution in [-0.4, -0.2) is 4.98 Å². The molecule has 0 bridgehead atoms. The van der Waals surface area contributed by atoms with Gasteiger partial charge in [-0.25, -0.2) is 4.39 Å². The summed E-state index contributed by atoms with van der Waals surface area (Å²) in [6.45, 7) is 5.95. The van der Waals surface area contributed by atoms with Crippen molar-refractivity contribution in [1.82, 2.24) is 4.98 Å². The maximum atomic E-state index is 12.8. The molecule has 0 N–H and O–H groups in total. The van der Waals surface area contributed by atoms with Gasteiger partial charge in [-0.1, -0.05) is 13.8 Å². The third kappa shape index (κ3) is 2.08. The van der Waals surface area contributed by atoms with Gasteiger partial charge in [-0.05, 0) is 36.8 Å². The smallest absolute Gasteiger partial charge is 0.123 e. The second-order valence-electron chi connectivity index (χ2n) is 2.79. The largest absolute Gasteiger partial charge is 0.256 e. The van der Waals surface area contributed by atoms with Gasteiger partial charge in [0.1, 0.15) is 5.82 Å². The van der Waals surface area contributed by atoms with Gasteiger partial charge in [-0.2, -0.15) is 0 Å². The lowest BCUT2D eigenvalue weighted by Gasteiger charge is -1.99. The van der Waals surface area contributed by atoms with Crippen LogP contribution in [0.15, 0.2) is 30.5 Å². The first-order valence-corrected chi connectivity index (χ1v) is 4.78. The average Bonchev–Trinajstić information content (AvgIpc) is 2.22. The zero-order valence-electron chi connectivity index (χ0n) is 8.71. The number of pyridine rings is 1. The number of aromatic nitrogens is 1. The molecule has 0 spiro atoms. The molecule has 0 aliphatic carbocycles. The summed E-state index contributed by atoms with van der Waals surface area (Å²) in [6.07, 6.45) is 1.73. The van der Waals surface area contributed by atoms with Crippen molar-refractivity contribution in [2.24, 2.45) is 0 Å². The quantitative estimate of drug-likeness (QED) is 0.618. The highest BCUT2D eigenvalue weighted by molar-refractivity contribution is 5.81. The Morgan fingerprint density at radius 3 is 2.57 bits per heavy atom. The normalized spacial score (nSPS) is 9.43. The van der Waals surface area contributed by atoms with E-state index in [1.807, 2.05) is 26.8 Å². The molecule has 2 heteroatoms. The molecule has 14 heavy (non-hydrogen) atoms. The van der Waals surface area contributed by atoms with E-state index in [2.05, 4.69) is 4.98 Å². The second-order valence-corrected chi connectivity index (χ2v) is 2.79. The van der Waals surface area contributed by atoms with Crippen molar-refractivity contribution in [1.29, 1.82) is 0 Å². The molecule has 2 rings (SSSR count). The van der Waals surface area contributed by atoms with E-state index in [1.54, 1.807) is 12.3 Å². The third-order valence-electron chi connectivity index (χ3n) is 1.92. The predicted molar refractivity (Wildman–Crippen MR) is 57.8 cm³/mol. The fraction of sp³-hybridized carbons (Fsp3) is 0.250. The maximum absolute atomic E-state index is 12.8. The standard InChI is InChI=1S/C10H8FN.C2H6/c1-7-4-5-12-10-3-2-8(11)6-9(7)10;1-2/h2-6H,1H3;1-2H3. The molecule has 1 aromatic carbocycles. The molecule has 2 aromatic rings. The van der Waals surface area contributed by atoms with Crippen molar-refractivity contribution in [3.63, 3.8) is 0 Å². The fourth-order valence-corrected chi connectivity index (χ4v) is 1.26. The van der Waals surface area contributed by atoms with E-state index in [4.69, 9.17) is 0 Å². The lowest BCUT2D eigenvalue weighted by atomic mass is 10.1. The van der Waals surface area contributed by atoms with Crippen molar-refractivity contribution < 1.29 is 4.39 Å². The van der Waals surface area contributed by atoms with E-state index < -0.39 is 0 Å². The zero-order valence-corrected chi connectivity index (χ0v) is 8.71. The number of rotatable bonds is 0. The molecule has 1 heterocycles. The average molecular weight is 191 g/mol. The Kier molecular flexibility index (Phi) is 3.57. The molecule has 1 aromatic heterocycles. The molecule has 74 valence electrons. The van der Waals surface area contributed by atoms with Crippen LogP contribution < -0.4 is 0 Å². The summed E-state index contributed by atoms with van der Waals surface area (Å²) in [5.74, 6) is -0.210. The Hall–Kier alpha value is -1.44. The molecule has 0 saturated carbocycles. The molecule has 1 nitrogen and oxygen atoms in total. The first-order valence-electron chi connectivity index (χ1n) is 4.78. The Bertz CT molecular complexity index is 424. The summed E-state index contributed by atoms with van der Waals surface area (Å²) < 4.78 is 12.8. The van der Waals surface area contributed by atoms with Gasteiger partial charge in [-0.3, -0.25) is 4.98 Å². The summed E-state index contributed by atoms with van der Waals surface area (Å²) in [5.41, 5.74) is 1.90. The lowest BCUT2D eigenvalue weighted by molar-refractivity contribution is 0.629. The molecule has 0 atom stereocenters. The minimum Gasteiger partial charge on any atom is -0.256 e. The number of fused-ring (bicyclic) bond motifs is 1. The topological polar surface area (TPSA) is 12.9 Å². The Labute approximate surface area is 83.6 Å². The molecule has 0 amide bonds. The van der Waals surface area contributed by atoms with E-state index in [0.29, 0.717) is 0 Å². The lowest BCUT2D eigenvalue weighted by Crippen LogP contribution is -1.83. The molecule has 0 aliphatic rings. The third-order valence-corrected chi connectivity index (χ3v) is 1.92. The highest BCUT2D eigenvalue weighted by atomic mass is 19.1. The Morgan fingerprint density at radius 2 is 1.86 bits per heavy atom. The van der Waals surface area contributed by atoms with Gasteiger partial charge in [0.15, 0.2) is 0 Å². The summed E-state index contributed by atoms with van der Waals surface area (Å²) >= 11 is 0. The minimum absolute atomic E-state index is 0.210. The molecule has 0 fully saturated rings. The Balaban J connectivity index is 0.000000461. The van der Waals surface area contributed by atoms with Crippen molar-refractivity contribution in [3.05, 3.63) is 41.8 Å². The summed E-state index contributed by atoms with van der Waals surface area (Å²) in [5, 5.41) is 0.887.